The highest BCUT2D eigenvalue weighted by Crippen LogP contribution is 2.19. The van der Waals surface area contributed by atoms with Gasteiger partial charge in [-0.05, 0) is 68.1 Å². The Morgan fingerprint density at radius 1 is 1.18 bits per heavy atom. The van der Waals surface area contributed by atoms with E-state index >= 15 is 0 Å². The van der Waals surface area contributed by atoms with Gasteiger partial charge in [-0.2, -0.15) is 0 Å². The van der Waals surface area contributed by atoms with Crippen LogP contribution < -0.4 is 5.32 Å². The first-order chi connectivity index (χ1) is 13.4. The van der Waals surface area contributed by atoms with Gasteiger partial charge in [-0.25, -0.2) is 8.42 Å². The zero-order valence-electron chi connectivity index (χ0n) is 15.6. The molecule has 1 fully saturated rings. The number of likely N-dealkylation sites (tertiary alicyclic amines) is 1. The maximum atomic E-state index is 12.5. The van der Waals surface area contributed by atoms with Gasteiger partial charge >= 0.3 is 0 Å². The molecule has 0 aliphatic carbocycles. The lowest BCUT2D eigenvalue weighted by Gasteiger charge is -2.31. The monoisotopic (exact) mass is 484 g/mol. The first-order valence-corrected chi connectivity index (χ1v) is 12.8. The van der Waals surface area contributed by atoms with Gasteiger partial charge in [0, 0.05) is 28.4 Å². The van der Waals surface area contributed by atoms with Crippen LogP contribution in [0.1, 0.15) is 17.7 Å². The summed E-state index contributed by atoms with van der Waals surface area (Å²) in [6.45, 7) is 2.70. The van der Waals surface area contributed by atoms with E-state index in [4.69, 9.17) is 0 Å². The van der Waals surface area contributed by atoms with E-state index in [0.717, 1.165) is 36.8 Å². The van der Waals surface area contributed by atoms with E-state index < -0.39 is 9.84 Å². The van der Waals surface area contributed by atoms with E-state index in [9.17, 15) is 13.2 Å². The average molecular weight is 485 g/mol. The molecule has 1 amide bonds. The topological polar surface area (TPSA) is 66.5 Å². The molecule has 5 nitrogen and oxygen atoms in total. The number of carbonyl (C=O) groups is 1. The molecule has 152 valence electrons. The number of nitrogens with one attached hydrogen (secondary N) is 1. The van der Waals surface area contributed by atoms with Crippen LogP contribution in [0.4, 0.5) is 0 Å². The highest BCUT2D eigenvalue weighted by molar-refractivity contribution is 9.10. The van der Waals surface area contributed by atoms with Gasteiger partial charge in [-0.1, -0.05) is 22.0 Å². The van der Waals surface area contributed by atoms with Crippen LogP contribution in [-0.2, 0) is 21.1 Å². The van der Waals surface area contributed by atoms with Gasteiger partial charge < -0.3 is 10.2 Å². The van der Waals surface area contributed by atoms with Crippen LogP contribution in [0.25, 0.3) is 0 Å². The summed E-state index contributed by atoms with van der Waals surface area (Å²) >= 11 is 5.03. The molecule has 0 saturated carbocycles. The second-order valence-corrected chi connectivity index (χ2v) is 11.1. The minimum Gasteiger partial charge on any atom is -0.355 e. The van der Waals surface area contributed by atoms with Crippen LogP contribution in [0.2, 0.25) is 0 Å². The van der Waals surface area contributed by atoms with Crippen molar-refractivity contribution in [2.24, 2.45) is 5.92 Å². The SMILES string of the molecule is O=C(NCCc1cccs1)C1CCN(CCS(=O)(=O)c2ccc(Br)cc2)CC1. The Morgan fingerprint density at radius 3 is 2.54 bits per heavy atom. The van der Waals surface area contributed by atoms with Gasteiger partial charge in [-0.3, -0.25) is 4.79 Å². The standard InChI is InChI=1S/C20H25BrN2O3S2/c21-17-3-5-19(6-4-17)28(25,26)15-13-23-11-8-16(9-12-23)20(24)22-10-7-18-2-1-14-27-18/h1-6,14,16H,7-13,15H2,(H,22,24). The first-order valence-electron chi connectivity index (χ1n) is 9.45. The molecule has 1 N–H and O–H groups in total. The number of piperidine rings is 1. The lowest BCUT2D eigenvalue weighted by molar-refractivity contribution is -0.126. The zero-order valence-corrected chi connectivity index (χ0v) is 18.9. The number of thiophene rings is 1. The Kier molecular flexibility index (Phi) is 7.68. The fraction of sp³-hybridized carbons (Fsp3) is 0.450. The number of amides is 1. The number of hydrogen-bond donors (Lipinski definition) is 1. The molecular formula is C20H25BrN2O3S2. The molecule has 0 atom stereocenters. The maximum Gasteiger partial charge on any atom is 0.223 e. The van der Waals surface area contributed by atoms with E-state index in [-0.39, 0.29) is 17.6 Å². The zero-order chi connectivity index (χ0) is 20.0. The summed E-state index contributed by atoms with van der Waals surface area (Å²) < 4.78 is 25.8. The van der Waals surface area contributed by atoms with Crippen LogP contribution in [0.15, 0.2) is 51.1 Å². The molecule has 0 unspecified atom stereocenters. The Bertz CT molecular complexity index is 859. The third-order valence-corrected chi connectivity index (χ3v) is 8.23. The van der Waals surface area contributed by atoms with Gasteiger partial charge in [0.05, 0.1) is 10.6 Å². The quantitative estimate of drug-likeness (QED) is 0.623. The van der Waals surface area contributed by atoms with Gasteiger partial charge in [-0.15, -0.1) is 11.3 Å². The van der Waals surface area contributed by atoms with Crippen LogP contribution in [-0.4, -0.2) is 51.2 Å². The molecule has 2 aromatic rings. The van der Waals surface area contributed by atoms with Crippen LogP contribution in [0.3, 0.4) is 0 Å². The van der Waals surface area contributed by atoms with Crippen molar-refractivity contribution in [1.82, 2.24) is 10.2 Å². The summed E-state index contributed by atoms with van der Waals surface area (Å²) in [5.74, 6) is 0.258. The maximum absolute atomic E-state index is 12.5. The molecule has 0 bridgehead atoms. The van der Waals surface area contributed by atoms with E-state index in [2.05, 4.69) is 32.2 Å². The van der Waals surface area contributed by atoms with Crippen molar-refractivity contribution in [1.29, 1.82) is 0 Å². The Labute approximate surface area is 179 Å². The van der Waals surface area contributed by atoms with Gasteiger partial charge in [0.15, 0.2) is 9.84 Å². The molecule has 1 aliphatic heterocycles. The number of rotatable bonds is 8. The predicted molar refractivity (Wildman–Crippen MR) is 116 cm³/mol. The van der Waals surface area contributed by atoms with Crippen LogP contribution >= 0.6 is 27.3 Å². The third kappa shape index (κ3) is 6.14. The summed E-state index contributed by atoms with van der Waals surface area (Å²) in [6.07, 6.45) is 2.43. The van der Waals surface area contributed by atoms with Crippen molar-refractivity contribution in [3.05, 3.63) is 51.1 Å². The van der Waals surface area contributed by atoms with Crippen molar-refractivity contribution in [3.63, 3.8) is 0 Å². The molecule has 0 radical (unpaired) electrons. The molecule has 28 heavy (non-hydrogen) atoms. The molecular weight excluding hydrogens is 460 g/mol. The van der Waals surface area contributed by atoms with Crippen molar-refractivity contribution in [2.45, 2.75) is 24.2 Å². The fourth-order valence-electron chi connectivity index (χ4n) is 3.34. The molecule has 1 aromatic heterocycles. The third-order valence-electron chi connectivity index (χ3n) is 5.06. The van der Waals surface area contributed by atoms with Gasteiger partial charge in [0.25, 0.3) is 0 Å². The van der Waals surface area contributed by atoms with E-state index in [1.54, 1.807) is 35.6 Å². The fourth-order valence-corrected chi connectivity index (χ4v) is 5.59. The smallest absolute Gasteiger partial charge is 0.223 e. The summed E-state index contributed by atoms with van der Waals surface area (Å²) in [5.41, 5.74) is 0. The number of carbonyl (C=O) groups excluding carboxylic acids is 1. The van der Waals surface area contributed by atoms with Crippen LogP contribution in [0.5, 0.6) is 0 Å². The summed E-state index contributed by atoms with van der Waals surface area (Å²) in [7, 11) is -3.28. The minimum atomic E-state index is -3.28. The van der Waals surface area contributed by atoms with Crippen molar-refractivity contribution < 1.29 is 13.2 Å². The predicted octanol–water partition coefficient (Wildman–Crippen LogP) is 3.36. The number of benzene rings is 1. The molecule has 3 rings (SSSR count). The van der Waals surface area contributed by atoms with Gasteiger partial charge in [0.1, 0.15) is 0 Å². The van der Waals surface area contributed by atoms with E-state index in [1.165, 1.54) is 4.88 Å². The van der Waals surface area contributed by atoms with E-state index in [1.807, 2.05) is 11.4 Å². The summed E-state index contributed by atoms with van der Waals surface area (Å²) in [6, 6.07) is 10.9. The summed E-state index contributed by atoms with van der Waals surface area (Å²) in [4.78, 5) is 16.1. The largest absolute Gasteiger partial charge is 0.355 e. The number of nitrogens with zero attached hydrogens (tertiary/aromatic N) is 1. The first kappa shape index (κ1) is 21.5. The highest BCUT2D eigenvalue weighted by atomic mass is 79.9. The average Bonchev–Trinajstić information content (AvgIpc) is 3.21. The lowest BCUT2D eigenvalue weighted by Crippen LogP contribution is -2.42. The lowest BCUT2D eigenvalue weighted by atomic mass is 9.96. The molecule has 0 spiro atoms. The summed E-state index contributed by atoms with van der Waals surface area (Å²) in [5, 5.41) is 5.08. The van der Waals surface area contributed by atoms with Crippen molar-refractivity contribution >= 4 is 43.0 Å². The Morgan fingerprint density at radius 2 is 1.89 bits per heavy atom. The highest BCUT2D eigenvalue weighted by Gasteiger charge is 2.25. The van der Waals surface area contributed by atoms with Gasteiger partial charge in [0.2, 0.25) is 5.91 Å². The van der Waals surface area contributed by atoms with Crippen molar-refractivity contribution in [3.8, 4) is 0 Å². The van der Waals surface area contributed by atoms with Crippen molar-refractivity contribution in [2.75, 3.05) is 31.9 Å². The second-order valence-electron chi connectivity index (χ2n) is 7.01. The van der Waals surface area contributed by atoms with E-state index in [0.29, 0.717) is 18.0 Å². The molecule has 1 aliphatic rings. The Hall–Kier alpha value is -1.22. The Balaban J connectivity index is 1.38. The second kappa shape index (κ2) is 10.0. The van der Waals surface area contributed by atoms with Crippen LogP contribution in [0, 0.1) is 5.92 Å². The molecule has 1 aromatic carbocycles. The number of sulfone groups is 1. The number of halogens is 1. The normalized spacial score (nSPS) is 16.2. The molecule has 8 heteroatoms. The minimum absolute atomic E-state index is 0.0302. The molecule has 2 heterocycles. The number of hydrogen-bond acceptors (Lipinski definition) is 5. The molecule has 1 saturated heterocycles.